The van der Waals surface area contributed by atoms with E-state index in [0.29, 0.717) is 16.5 Å². The van der Waals surface area contributed by atoms with Crippen LogP contribution in [0.5, 0.6) is 0 Å². The van der Waals surface area contributed by atoms with Crippen molar-refractivity contribution >= 4 is 27.6 Å². The van der Waals surface area contributed by atoms with Crippen LogP contribution >= 0.6 is 0 Å². The van der Waals surface area contributed by atoms with Crippen LogP contribution in [-0.4, -0.2) is 35.2 Å². The van der Waals surface area contributed by atoms with Gasteiger partial charge in [-0.2, -0.15) is 0 Å². The summed E-state index contributed by atoms with van der Waals surface area (Å²) in [6.45, 7) is 0.158. The summed E-state index contributed by atoms with van der Waals surface area (Å²) in [5, 5.41) is 14.4. The highest BCUT2D eigenvalue weighted by atomic mass is 19.1. The molecule has 3 aromatic carbocycles. The minimum atomic E-state index is -0.789. The van der Waals surface area contributed by atoms with Gasteiger partial charge in [-0.05, 0) is 40.6 Å². The van der Waals surface area contributed by atoms with E-state index in [0.717, 1.165) is 21.9 Å². The Morgan fingerprint density at radius 2 is 1.86 bits per heavy atom. The first kappa shape index (κ1) is 19.0. The second-order valence-electron chi connectivity index (χ2n) is 6.84. The number of pyridine rings is 1. The zero-order valence-electron chi connectivity index (χ0n) is 15.6. The van der Waals surface area contributed by atoms with Crippen LogP contribution < -0.4 is 11.1 Å². The zero-order chi connectivity index (χ0) is 20.4. The maximum atomic E-state index is 14.2. The molecule has 5 nitrogen and oxygen atoms in total. The number of hydrogen-bond acceptors (Lipinski definition) is 4. The first-order chi connectivity index (χ1) is 14.1. The maximum absolute atomic E-state index is 14.2. The number of amides is 1. The second-order valence-corrected chi connectivity index (χ2v) is 6.84. The average molecular weight is 389 g/mol. The number of benzene rings is 3. The van der Waals surface area contributed by atoms with Crippen molar-refractivity contribution < 1.29 is 14.3 Å². The minimum absolute atomic E-state index is 0.0749. The lowest BCUT2D eigenvalue weighted by molar-refractivity contribution is 0.0922. The summed E-state index contributed by atoms with van der Waals surface area (Å²) >= 11 is 0. The van der Waals surface area contributed by atoms with E-state index in [1.54, 1.807) is 30.5 Å². The van der Waals surface area contributed by atoms with Crippen molar-refractivity contribution in [2.45, 2.75) is 6.10 Å². The molecular weight excluding hydrogens is 369 g/mol. The number of halogens is 1. The van der Waals surface area contributed by atoms with Gasteiger partial charge < -0.3 is 16.2 Å². The number of fused-ring (bicyclic) bond motifs is 2. The van der Waals surface area contributed by atoms with Gasteiger partial charge in [0.2, 0.25) is 0 Å². The van der Waals surface area contributed by atoms with Gasteiger partial charge in [0.1, 0.15) is 5.82 Å². The first-order valence-electron chi connectivity index (χ1n) is 9.31. The van der Waals surface area contributed by atoms with Gasteiger partial charge in [-0.1, -0.05) is 36.4 Å². The molecule has 1 amide bonds. The van der Waals surface area contributed by atoms with Crippen LogP contribution in [0.4, 0.5) is 4.39 Å². The molecule has 4 aromatic rings. The van der Waals surface area contributed by atoms with Crippen molar-refractivity contribution in [1.29, 1.82) is 0 Å². The Morgan fingerprint density at radius 1 is 1.07 bits per heavy atom. The van der Waals surface area contributed by atoms with E-state index in [-0.39, 0.29) is 24.8 Å². The van der Waals surface area contributed by atoms with Crippen molar-refractivity contribution in [2.24, 2.45) is 5.73 Å². The number of carbonyl (C=O) groups excluding carboxylic acids is 1. The Bertz CT molecular complexity index is 1210. The fourth-order valence-electron chi connectivity index (χ4n) is 3.40. The van der Waals surface area contributed by atoms with Crippen LogP contribution in [0, 0.1) is 5.82 Å². The van der Waals surface area contributed by atoms with Crippen LogP contribution in [0.25, 0.3) is 32.8 Å². The van der Waals surface area contributed by atoms with Gasteiger partial charge in [-0.15, -0.1) is 0 Å². The second kappa shape index (κ2) is 7.95. The largest absolute Gasteiger partial charge is 0.390 e. The first-order valence-corrected chi connectivity index (χ1v) is 9.31. The molecule has 1 heterocycles. The minimum Gasteiger partial charge on any atom is -0.390 e. The van der Waals surface area contributed by atoms with Crippen molar-refractivity contribution in [3.05, 3.63) is 78.2 Å². The van der Waals surface area contributed by atoms with Crippen LogP contribution in [0.1, 0.15) is 10.4 Å². The number of nitrogens with one attached hydrogen (secondary N) is 1. The molecule has 0 spiro atoms. The molecule has 0 aliphatic carbocycles. The van der Waals surface area contributed by atoms with Gasteiger partial charge in [0.05, 0.1) is 11.6 Å². The molecule has 1 unspecified atom stereocenters. The Morgan fingerprint density at radius 3 is 2.66 bits per heavy atom. The van der Waals surface area contributed by atoms with E-state index in [9.17, 15) is 14.3 Å². The third kappa shape index (κ3) is 3.68. The Balaban J connectivity index is 1.80. The number of rotatable bonds is 5. The number of carbonyl (C=O) groups is 1. The molecule has 1 atom stereocenters. The summed E-state index contributed by atoms with van der Waals surface area (Å²) in [4.78, 5) is 17.0. The number of aliphatic hydroxyl groups is 1. The van der Waals surface area contributed by atoms with Gasteiger partial charge in [0.25, 0.3) is 5.91 Å². The monoisotopic (exact) mass is 389 g/mol. The van der Waals surface area contributed by atoms with E-state index in [1.165, 1.54) is 6.07 Å². The highest BCUT2D eigenvalue weighted by Crippen LogP contribution is 2.32. The Hall–Kier alpha value is -3.35. The molecule has 0 aliphatic rings. The van der Waals surface area contributed by atoms with Crippen LogP contribution in [0.15, 0.2) is 66.9 Å². The molecule has 0 saturated heterocycles. The summed E-state index contributed by atoms with van der Waals surface area (Å²) in [5.41, 5.74) is 8.10. The van der Waals surface area contributed by atoms with Crippen LogP contribution in [-0.2, 0) is 0 Å². The maximum Gasteiger partial charge on any atom is 0.252 e. The lowest BCUT2D eigenvalue weighted by atomic mass is 9.95. The standard InChI is InChI=1S/C23H20FN3O2/c24-21-6-3-7-22-20(21)10-14(12-26-22)16-8-9-19(18-5-2-1-4-17(16)18)23(29)27-13-15(28)11-25/h1-10,12,15,28H,11,13,25H2,(H,27,29). The topological polar surface area (TPSA) is 88.2 Å². The molecule has 146 valence electrons. The predicted octanol–water partition coefficient (Wildman–Crippen LogP) is 3.24. The number of nitrogens with two attached hydrogens (primary N) is 1. The fourth-order valence-corrected chi connectivity index (χ4v) is 3.40. The zero-order valence-corrected chi connectivity index (χ0v) is 15.6. The molecule has 0 fully saturated rings. The van der Waals surface area contributed by atoms with Gasteiger partial charge in [0.15, 0.2) is 0 Å². The van der Waals surface area contributed by atoms with Crippen molar-refractivity contribution in [3.8, 4) is 11.1 Å². The van der Waals surface area contributed by atoms with Crippen LogP contribution in [0.3, 0.4) is 0 Å². The molecule has 0 bridgehead atoms. The number of aromatic nitrogens is 1. The third-order valence-corrected chi connectivity index (χ3v) is 4.92. The summed E-state index contributed by atoms with van der Waals surface area (Å²) in [7, 11) is 0. The molecular formula is C23H20FN3O2. The smallest absolute Gasteiger partial charge is 0.252 e. The van der Waals surface area contributed by atoms with Crippen molar-refractivity contribution in [2.75, 3.05) is 13.1 Å². The highest BCUT2D eigenvalue weighted by molar-refractivity contribution is 6.11. The van der Waals surface area contributed by atoms with Crippen molar-refractivity contribution in [1.82, 2.24) is 10.3 Å². The van der Waals surface area contributed by atoms with Gasteiger partial charge in [-0.25, -0.2) is 4.39 Å². The summed E-state index contributed by atoms with van der Waals surface area (Å²) in [5.74, 6) is -0.612. The van der Waals surface area contributed by atoms with Gasteiger partial charge >= 0.3 is 0 Å². The third-order valence-electron chi connectivity index (χ3n) is 4.92. The Labute approximate surface area is 167 Å². The van der Waals surface area contributed by atoms with E-state index in [1.807, 2.05) is 30.3 Å². The van der Waals surface area contributed by atoms with E-state index < -0.39 is 6.10 Å². The molecule has 0 aliphatic heterocycles. The number of aliphatic hydroxyl groups excluding tert-OH is 1. The lowest BCUT2D eigenvalue weighted by Gasteiger charge is -2.13. The number of nitrogens with zero attached hydrogens (tertiary/aromatic N) is 1. The molecule has 1 aromatic heterocycles. The quantitative estimate of drug-likeness (QED) is 0.489. The van der Waals surface area contributed by atoms with Crippen LogP contribution in [0.2, 0.25) is 0 Å². The highest BCUT2D eigenvalue weighted by Gasteiger charge is 2.15. The summed E-state index contributed by atoms with van der Waals surface area (Å²) in [6.07, 6.45) is 0.920. The molecule has 0 radical (unpaired) electrons. The molecule has 29 heavy (non-hydrogen) atoms. The lowest BCUT2D eigenvalue weighted by Crippen LogP contribution is -2.36. The normalized spacial score (nSPS) is 12.2. The van der Waals surface area contributed by atoms with Gasteiger partial charge in [0, 0.05) is 35.8 Å². The summed E-state index contributed by atoms with van der Waals surface area (Å²) < 4.78 is 14.2. The van der Waals surface area contributed by atoms with E-state index in [2.05, 4.69) is 10.3 Å². The fraction of sp³-hybridized carbons (Fsp3) is 0.130. The van der Waals surface area contributed by atoms with E-state index >= 15 is 0 Å². The molecule has 6 heteroatoms. The summed E-state index contributed by atoms with van der Waals surface area (Å²) in [6, 6.07) is 17.7. The van der Waals surface area contributed by atoms with Gasteiger partial charge in [-0.3, -0.25) is 9.78 Å². The number of hydrogen-bond donors (Lipinski definition) is 3. The molecule has 4 rings (SSSR count). The molecule has 0 saturated carbocycles. The molecule has 4 N–H and O–H groups in total. The van der Waals surface area contributed by atoms with E-state index in [4.69, 9.17) is 5.73 Å². The predicted molar refractivity (Wildman–Crippen MR) is 112 cm³/mol. The average Bonchev–Trinajstić information content (AvgIpc) is 2.76. The SMILES string of the molecule is NCC(O)CNC(=O)c1ccc(-c2cnc3cccc(F)c3c2)c2ccccc12. The van der Waals surface area contributed by atoms with Crippen molar-refractivity contribution in [3.63, 3.8) is 0 Å². The Kier molecular flexibility index (Phi) is 5.20.